The van der Waals surface area contributed by atoms with Crippen LogP contribution in [0.3, 0.4) is 0 Å². The van der Waals surface area contributed by atoms with Gasteiger partial charge in [-0.1, -0.05) is 152 Å². The molecule has 250 valence electrons. The molecular formula is C52H30S2. The van der Waals surface area contributed by atoms with Gasteiger partial charge in [0.1, 0.15) is 0 Å². The fraction of sp³-hybridized carbons (Fsp3) is 0. The van der Waals surface area contributed by atoms with Gasteiger partial charge in [-0.05, 0) is 101 Å². The van der Waals surface area contributed by atoms with Crippen LogP contribution < -0.4 is 0 Å². The Morgan fingerprint density at radius 2 is 0.852 bits per heavy atom. The Kier molecular flexibility index (Phi) is 6.48. The zero-order valence-corrected chi connectivity index (χ0v) is 30.8. The highest BCUT2D eigenvalue weighted by Gasteiger charge is 2.18. The Labute approximate surface area is 319 Å². The maximum atomic E-state index is 2.45. The van der Waals surface area contributed by atoms with Crippen molar-refractivity contribution in [1.29, 1.82) is 0 Å². The maximum absolute atomic E-state index is 2.45. The van der Waals surface area contributed by atoms with E-state index in [0.29, 0.717) is 0 Å². The van der Waals surface area contributed by atoms with Gasteiger partial charge < -0.3 is 0 Å². The van der Waals surface area contributed by atoms with Crippen molar-refractivity contribution in [2.24, 2.45) is 0 Å². The van der Waals surface area contributed by atoms with Gasteiger partial charge in [0.2, 0.25) is 0 Å². The maximum Gasteiger partial charge on any atom is 0.0434 e. The Morgan fingerprint density at radius 3 is 1.63 bits per heavy atom. The van der Waals surface area contributed by atoms with E-state index < -0.39 is 0 Å². The number of thiophene rings is 2. The van der Waals surface area contributed by atoms with Crippen LogP contribution in [0.4, 0.5) is 0 Å². The van der Waals surface area contributed by atoms with Gasteiger partial charge in [-0.3, -0.25) is 0 Å². The number of benzene rings is 10. The fourth-order valence-electron chi connectivity index (χ4n) is 8.96. The largest absolute Gasteiger partial charge is 0.135 e. The summed E-state index contributed by atoms with van der Waals surface area (Å²) in [4.78, 5) is 0. The topological polar surface area (TPSA) is 0 Å². The lowest BCUT2D eigenvalue weighted by Gasteiger charge is -2.19. The molecule has 0 amide bonds. The van der Waals surface area contributed by atoms with E-state index in [9.17, 15) is 0 Å². The molecule has 12 rings (SSSR count). The first kappa shape index (κ1) is 30.2. The van der Waals surface area contributed by atoms with Crippen molar-refractivity contribution >= 4 is 106 Å². The quantitative estimate of drug-likeness (QED) is 0.160. The number of rotatable bonds is 3. The summed E-state index contributed by atoms with van der Waals surface area (Å²) >= 11 is 3.81. The first-order valence-electron chi connectivity index (χ1n) is 18.5. The highest BCUT2D eigenvalue weighted by atomic mass is 32.1. The predicted octanol–water partition coefficient (Wildman–Crippen LogP) is 16.0. The molecule has 0 radical (unpaired) electrons. The minimum Gasteiger partial charge on any atom is -0.135 e. The van der Waals surface area contributed by atoms with Crippen LogP contribution in [0.15, 0.2) is 182 Å². The molecule has 0 bridgehead atoms. The Balaban J connectivity index is 1.01. The molecule has 0 spiro atoms. The molecule has 0 N–H and O–H groups in total. The summed E-state index contributed by atoms with van der Waals surface area (Å²) < 4.78 is 5.41. The normalized spacial score (nSPS) is 12.1. The van der Waals surface area contributed by atoms with Crippen molar-refractivity contribution in [2.45, 2.75) is 0 Å². The average molecular weight is 719 g/mol. The van der Waals surface area contributed by atoms with E-state index in [4.69, 9.17) is 0 Å². The number of fused-ring (bicyclic) bond motifs is 11. The van der Waals surface area contributed by atoms with Gasteiger partial charge in [0.15, 0.2) is 0 Å². The molecule has 0 saturated carbocycles. The van der Waals surface area contributed by atoms with Crippen molar-refractivity contribution < 1.29 is 0 Å². The Hall–Kier alpha value is -6.32. The third-order valence-electron chi connectivity index (χ3n) is 11.4. The van der Waals surface area contributed by atoms with E-state index >= 15 is 0 Å². The molecule has 0 saturated heterocycles. The SMILES string of the molecule is c1ccc2c(-c3c4ccccc4c(-c4ccc(-c5ccc6sc7cc8ccc9c%10ccccc%10sc9c8cc7c6c5)cc4)c4ccccc34)cccc2c1. The van der Waals surface area contributed by atoms with Crippen LogP contribution in [0, 0.1) is 0 Å². The van der Waals surface area contributed by atoms with Crippen LogP contribution in [0.25, 0.3) is 117 Å². The van der Waals surface area contributed by atoms with Gasteiger partial charge in [-0.25, -0.2) is 0 Å². The molecule has 12 aromatic rings. The van der Waals surface area contributed by atoms with Gasteiger partial charge in [-0.15, -0.1) is 22.7 Å². The summed E-state index contributed by atoms with van der Waals surface area (Å²) in [5, 5.41) is 15.7. The first-order valence-corrected chi connectivity index (χ1v) is 20.1. The minimum absolute atomic E-state index is 1.23. The average Bonchev–Trinajstić information content (AvgIpc) is 3.79. The molecule has 2 aromatic heterocycles. The second kappa shape index (κ2) is 11.6. The molecule has 0 atom stereocenters. The van der Waals surface area contributed by atoms with Crippen molar-refractivity contribution in [1.82, 2.24) is 0 Å². The van der Waals surface area contributed by atoms with Gasteiger partial charge in [0.25, 0.3) is 0 Å². The predicted molar refractivity (Wildman–Crippen MR) is 239 cm³/mol. The highest BCUT2D eigenvalue weighted by Crippen LogP contribution is 2.46. The molecule has 0 nitrogen and oxygen atoms in total. The van der Waals surface area contributed by atoms with Crippen LogP contribution in [-0.4, -0.2) is 0 Å². The van der Waals surface area contributed by atoms with E-state index in [1.165, 1.54) is 117 Å². The summed E-state index contributed by atoms with van der Waals surface area (Å²) in [5.74, 6) is 0. The van der Waals surface area contributed by atoms with Crippen molar-refractivity contribution in [3.63, 3.8) is 0 Å². The van der Waals surface area contributed by atoms with Crippen LogP contribution in [-0.2, 0) is 0 Å². The van der Waals surface area contributed by atoms with E-state index in [0.717, 1.165) is 0 Å². The summed E-state index contributed by atoms with van der Waals surface area (Å²) in [7, 11) is 0. The molecule has 54 heavy (non-hydrogen) atoms. The lowest BCUT2D eigenvalue weighted by molar-refractivity contribution is 1.64. The standard InChI is InChI=1S/C52H30S2/c1-2-12-36-32(10-1)11-9-18-38(36)51-41-16-5-3-14-39(41)50(40-15-4-6-17-42(40)51)33-22-20-31(21-23-33)34-25-27-48-45(28-34)46-30-44-35(29-49(46)53-48)24-26-43-37-13-7-8-19-47(37)54-52(43)44/h1-30H. The highest BCUT2D eigenvalue weighted by molar-refractivity contribution is 7.27. The molecule has 0 unspecified atom stereocenters. The van der Waals surface area contributed by atoms with Crippen LogP contribution >= 0.6 is 22.7 Å². The summed E-state index contributed by atoms with van der Waals surface area (Å²) in [6.45, 7) is 0. The lowest BCUT2D eigenvalue weighted by Crippen LogP contribution is -1.91. The van der Waals surface area contributed by atoms with Crippen molar-refractivity contribution in [3.8, 4) is 33.4 Å². The van der Waals surface area contributed by atoms with E-state index in [-0.39, 0.29) is 0 Å². The third-order valence-corrected chi connectivity index (χ3v) is 13.8. The van der Waals surface area contributed by atoms with Crippen molar-refractivity contribution in [3.05, 3.63) is 182 Å². The third kappa shape index (κ3) is 4.42. The van der Waals surface area contributed by atoms with E-state index in [1.54, 1.807) is 0 Å². The molecule has 2 heteroatoms. The molecule has 0 aliphatic carbocycles. The summed E-state index contributed by atoms with van der Waals surface area (Å²) in [6.07, 6.45) is 0. The second-order valence-corrected chi connectivity index (χ2v) is 16.5. The molecule has 2 heterocycles. The van der Waals surface area contributed by atoms with E-state index in [1.807, 2.05) is 22.7 Å². The molecule has 0 aliphatic rings. The lowest BCUT2D eigenvalue weighted by atomic mass is 9.84. The summed E-state index contributed by atoms with van der Waals surface area (Å²) in [6, 6.07) is 67.9. The molecule has 0 aliphatic heterocycles. The van der Waals surface area contributed by atoms with Crippen LogP contribution in [0.5, 0.6) is 0 Å². The van der Waals surface area contributed by atoms with Crippen LogP contribution in [0.2, 0.25) is 0 Å². The smallest absolute Gasteiger partial charge is 0.0434 e. The molecule has 0 fully saturated rings. The van der Waals surface area contributed by atoms with Crippen molar-refractivity contribution in [2.75, 3.05) is 0 Å². The van der Waals surface area contributed by atoms with E-state index in [2.05, 4.69) is 182 Å². The number of hydrogen-bond donors (Lipinski definition) is 0. The molecular weight excluding hydrogens is 689 g/mol. The second-order valence-electron chi connectivity index (χ2n) is 14.4. The Bertz CT molecular complexity index is 3430. The zero-order chi connectivity index (χ0) is 35.3. The van der Waals surface area contributed by atoms with Crippen LogP contribution in [0.1, 0.15) is 0 Å². The van der Waals surface area contributed by atoms with Gasteiger partial charge in [-0.2, -0.15) is 0 Å². The zero-order valence-electron chi connectivity index (χ0n) is 29.1. The molecule has 10 aromatic carbocycles. The fourth-order valence-corrected chi connectivity index (χ4v) is 11.3. The number of hydrogen-bond acceptors (Lipinski definition) is 2. The van der Waals surface area contributed by atoms with Gasteiger partial charge in [0.05, 0.1) is 0 Å². The first-order chi connectivity index (χ1) is 26.8. The van der Waals surface area contributed by atoms with Gasteiger partial charge >= 0.3 is 0 Å². The van der Waals surface area contributed by atoms with Gasteiger partial charge in [0, 0.05) is 45.7 Å². The monoisotopic (exact) mass is 718 g/mol. The minimum atomic E-state index is 1.23. The summed E-state index contributed by atoms with van der Waals surface area (Å²) in [5.41, 5.74) is 7.58. The Morgan fingerprint density at radius 1 is 0.259 bits per heavy atom.